The largest absolute Gasteiger partial charge is 0.496 e. The fourth-order valence-corrected chi connectivity index (χ4v) is 3.14. The maximum Gasteiger partial charge on any atom is 0.321 e. The van der Waals surface area contributed by atoms with E-state index < -0.39 is 21.2 Å². The van der Waals surface area contributed by atoms with E-state index in [0.717, 1.165) is 48.2 Å². The molecular formula is C20H22N4O7. The van der Waals surface area contributed by atoms with E-state index in [1.165, 1.54) is 0 Å². The van der Waals surface area contributed by atoms with E-state index in [2.05, 4.69) is 10.1 Å². The molecule has 0 spiro atoms. The lowest BCUT2D eigenvalue weighted by atomic mass is 10.1. The zero-order valence-corrected chi connectivity index (χ0v) is 17.1. The molecule has 1 aliphatic rings. The number of ether oxygens (including phenoxy) is 2. The van der Waals surface area contributed by atoms with Crippen LogP contribution in [0.4, 0.5) is 11.4 Å². The molecule has 164 valence electrons. The normalized spacial score (nSPS) is 14.8. The summed E-state index contributed by atoms with van der Waals surface area (Å²) in [7, 11) is 1.61. The van der Waals surface area contributed by atoms with Crippen LogP contribution >= 0.6 is 0 Å². The second-order valence-electron chi connectivity index (χ2n) is 6.85. The number of methoxy groups -OCH3 is 1. The van der Waals surface area contributed by atoms with Crippen molar-refractivity contribution in [2.24, 2.45) is 5.16 Å². The Hall–Kier alpha value is -3.57. The van der Waals surface area contributed by atoms with E-state index >= 15 is 0 Å². The van der Waals surface area contributed by atoms with Gasteiger partial charge in [-0.1, -0.05) is 5.16 Å². The minimum Gasteiger partial charge on any atom is -0.496 e. The number of nitrogens with zero attached hydrogens (tertiary/aromatic N) is 4. The standard InChI is InChI=1S/C20H22N4O7/c1-14(21-31-20-6-4-17(23(25)26)12-18(20)24(27)28)15-3-5-19(29-2)16(11-15)13-22-7-9-30-10-8-22/h3-6,11-12H,7-10,13H2,1-2H3/b21-14+. The predicted octanol–water partition coefficient (Wildman–Crippen LogP) is 3.15. The quantitative estimate of drug-likeness (QED) is 0.355. The van der Waals surface area contributed by atoms with Gasteiger partial charge in [0.25, 0.3) is 5.69 Å². The van der Waals surface area contributed by atoms with Gasteiger partial charge in [-0.15, -0.1) is 0 Å². The lowest BCUT2D eigenvalue weighted by Crippen LogP contribution is -2.35. The van der Waals surface area contributed by atoms with Gasteiger partial charge in [0.1, 0.15) is 5.75 Å². The Balaban J connectivity index is 1.82. The van der Waals surface area contributed by atoms with Gasteiger partial charge in [0.2, 0.25) is 5.75 Å². The maximum absolute atomic E-state index is 11.2. The molecule has 0 atom stereocenters. The average molecular weight is 430 g/mol. The van der Waals surface area contributed by atoms with Crippen molar-refractivity contribution in [2.45, 2.75) is 13.5 Å². The molecule has 3 rings (SSSR count). The Kier molecular flexibility index (Phi) is 7.11. The first-order valence-corrected chi connectivity index (χ1v) is 9.51. The Morgan fingerprint density at radius 2 is 1.81 bits per heavy atom. The smallest absolute Gasteiger partial charge is 0.321 e. The Morgan fingerprint density at radius 1 is 1.10 bits per heavy atom. The maximum atomic E-state index is 11.2. The summed E-state index contributed by atoms with van der Waals surface area (Å²) in [6, 6.07) is 8.70. The third-order valence-corrected chi connectivity index (χ3v) is 4.83. The van der Waals surface area contributed by atoms with Gasteiger partial charge >= 0.3 is 5.69 Å². The van der Waals surface area contributed by atoms with E-state index in [-0.39, 0.29) is 5.75 Å². The highest BCUT2D eigenvalue weighted by Gasteiger charge is 2.21. The summed E-state index contributed by atoms with van der Waals surface area (Å²) in [6.07, 6.45) is 0. The first-order chi connectivity index (χ1) is 14.9. The number of non-ortho nitro benzene ring substituents is 1. The van der Waals surface area contributed by atoms with Crippen molar-refractivity contribution in [3.05, 3.63) is 67.8 Å². The summed E-state index contributed by atoms with van der Waals surface area (Å²) >= 11 is 0. The highest BCUT2D eigenvalue weighted by Crippen LogP contribution is 2.31. The second-order valence-corrected chi connectivity index (χ2v) is 6.85. The molecule has 0 N–H and O–H groups in total. The highest BCUT2D eigenvalue weighted by molar-refractivity contribution is 5.98. The Bertz CT molecular complexity index is 1000. The van der Waals surface area contributed by atoms with Crippen LogP contribution in [0.2, 0.25) is 0 Å². The van der Waals surface area contributed by atoms with Gasteiger partial charge in [0.15, 0.2) is 0 Å². The third kappa shape index (κ3) is 5.53. The van der Waals surface area contributed by atoms with Crippen molar-refractivity contribution in [3.8, 4) is 11.5 Å². The molecule has 2 aromatic rings. The Morgan fingerprint density at radius 3 is 2.45 bits per heavy atom. The van der Waals surface area contributed by atoms with Crippen LogP contribution in [0.25, 0.3) is 0 Å². The van der Waals surface area contributed by atoms with Gasteiger partial charge in [-0.25, -0.2) is 0 Å². The molecule has 0 bridgehead atoms. The average Bonchev–Trinajstić information content (AvgIpc) is 2.77. The van der Waals surface area contributed by atoms with E-state index in [4.69, 9.17) is 14.3 Å². The summed E-state index contributed by atoms with van der Waals surface area (Å²) in [6.45, 7) is 5.41. The molecule has 0 aliphatic carbocycles. The number of hydrogen-bond donors (Lipinski definition) is 0. The van der Waals surface area contributed by atoms with E-state index in [1.54, 1.807) is 14.0 Å². The minimum absolute atomic E-state index is 0.183. The summed E-state index contributed by atoms with van der Waals surface area (Å²) in [5.41, 5.74) is 1.28. The van der Waals surface area contributed by atoms with Crippen LogP contribution in [0.5, 0.6) is 11.5 Å². The van der Waals surface area contributed by atoms with Crippen molar-refractivity contribution >= 4 is 17.1 Å². The van der Waals surface area contributed by atoms with Crippen molar-refractivity contribution in [2.75, 3.05) is 33.4 Å². The van der Waals surface area contributed by atoms with Crippen LogP contribution in [0.3, 0.4) is 0 Å². The zero-order chi connectivity index (χ0) is 22.4. The van der Waals surface area contributed by atoms with E-state index in [9.17, 15) is 20.2 Å². The number of nitro groups is 2. The van der Waals surface area contributed by atoms with Crippen LogP contribution in [0, 0.1) is 20.2 Å². The monoisotopic (exact) mass is 430 g/mol. The first-order valence-electron chi connectivity index (χ1n) is 9.51. The Labute approximate surface area is 178 Å². The van der Waals surface area contributed by atoms with Crippen molar-refractivity contribution < 1.29 is 24.2 Å². The van der Waals surface area contributed by atoms with Crippen molar-refractivity contribution in [1.29, 1.82) is 0 Å². The minimum atomic E-state index is -0.749. The molecule has 1 fully saturated rings. The summed E-state index contributed by atoms with van der Waals surface area (Å²) < 4.78 is 10.8. The molecule has 0 amide bonds. The molecule has 0 aromatic heterocycles. The van der Waals surface area contributed by atoms with E-state index in [1.807, 2.05) is 18.2 Å². The molecule has 11 nitrogen and oxygen atoms in total. The van der Waals surface area contributed by atoms with Crippen LogP contribution in [0.1, 0.15) is 18.1 Å². The van der Waals surface area contributed by atoms with Gasteiger partial charge in [0, 0.05) is 31.3 Å². The molecule has 31 heavy (non-hydrogen) atoms. The zero-order valence-electron chi connectivity index (χ0n) is 17.1. The van der Waals surface area contributed by atoms with Gasteiger partial charge < -0.3 is 14.3 Å². The molecule has 0 saturated carbocycles. The molecule has 0 unspecified atom stereocenters. The highest BCUT2D eigenvalue weighted by atomic mass is 16.7. The summed E-state index contributed by atoms with van der Waals surface area (Å²) in [5.74, 6) is 0.562. The molecule has 0 radical (unpaired) electrons. The third-order valence-electron chi connectivity index (χ3n) is 4.83. The molecule has 1 heterocycles. The van der Waals surface area contributed by atoms with Gasteiger partial charge in [-0.2, -0.15) is 0 Å². The van der Waals surface area contributed by atoms with Crippen LogP contribution < -0.4 is 9.57 Å². The SMILES string of the molecule is COc1ccc(/C(C)=N/Oc2ccc([N+](=O)[O-])cc2[N+](=O)[O-])cc1CN1CCOCC1. The van der Waals surface area contributed by atoms with Gasteiger partial charge in [-0.05, 0) is 36.8 Å². The van der Waals surface area contributed by atoms with Gasteiger partial charge in [-0.3, -0.25) is 25.1 Å². The number of hydrogen-bond acceptors (Lipinski definition) is 9. The van der Waals surface area contributed by atoms with Crippen molar-refractivity contribution in [1.82, 2.24) is 4.90 Å². The molecule has 1 aliphatic heterocycles. The lowest BCUT2D eigenvalue weighted by Gasteiger charge is -2.27. The van der Waals surface area contributed by atoms with Crippen LogP contribution in [-0.2, 0) is 11.3 Å². The predicted molar refractivity (Wildman–Crippen MR) is 112 cm³/mol. The molecule has 2 aromatic carbocycles. The molecular weight excluding hydrogens is 408 g/mol. The van der Waals surface area contributed by atoms with Crippen molar-refractivity contribution in [3.63, 3.8) is 0 Å². The van der Waals surface area contributed by atoms with E-state index in [0.29, 0.717) is 25.5 Å². The number of benzene rings is 2. The lowest BCUT2D eigenvalue weighted by molar-refractivity contribution is -0.394. The summed E-state index contributed by atoms with van der Waals surface area (Å²) in [5, 5.41) is 26.1. The number of oxime groups is 1. The number of nitro benzene ring substituents is 2. The molecule has 1 saturated heterocycles. The second kappa shape index (κ2) is 9.96. The summed E-state index contributed by atoms with van der Waals surface area (Å²) in [4.78, 5) is 28.2. The van der Waals surface area contributed by atoms with Gasteiger partial charge in [0.05, 0.1) is 41.9 Å². The van der Waals surface area contributed by atoms with Crippen LogP contribution in [0.15, 0.2) is 41.6 Å². The fourth-order valence-electron chi connectivity index (χ4n) is 3.14. The number of morpholine rings is 1. The fraction of sp³-hybridized carbons (Fsp3) is 0.350. The topological polar surface area (TPSA) is 130 Å². The molecule has 11 heteroatoms. The number of rotatable bonds is 8. The van der Waals surface area contributed by atoms with Crippen LogP contribution in [-0.4, -0.2) is 53.9 Å². The first kappa shape index (κ1) is 22.1.